The van der Waals surface area contributed by atoms with Crippen LogP contribution >= 0.6 is 0 Å². The number of likely N-dealkylation sites (N-methyl/N-ethyl adjacent to an activating group) is 1. The van der Waals surface area contributed by atoms with E-state index in [4.69, 9.17) is 10.5 Å². The van der Waals surface area contributed by atoms with Crippen molar-refractivity contribution in [3.05, 3.63) is 35.9 Å². The molecule has 0 fully saturated rings. The molecule has 0 saturated carbocycles. The van der Waals surface area contributed by atoms with Crippen LogP contribution in [0.1, 0.15) is 66.4 Å². The third-order valence-corrected chi connectivity index (χ3v) is 5.39. The van der Waals surface area contributed by atoms with Gasteiger partial charge in [0.15, 0.2) is 0 Å². The molecule has 0 heterocycles. The minimum Gasteiger partial charge on any atom is -0.459 e. The number of esters is 1. The minimum atomic E-state index is -0.788. The first-order chi connectivity index (χ1) is 15.4. The van der Waals surface area contributed by atoms with Crippen molar-refractivity contribution in [2.75, 3.05) is 7.05 Å². The van der Waals surface area contributed by atoms with E-state index < -0.39 is 24.1 Å². The molecular weight excluding hydrogens is 418 g/mol. The third kappa shape index (κ3) is 10.4. The van der Waals surface area contributed by atoms with E-state index in [9.17, 15) is 14.4 Å². The molecule has 186 valence electrons. The van der Waals surface area contributed by atoms with Gasteiger partial charge in [-0.05, 0) is 42.6 Å². The molecule has 3 N–H and O–H groups in total. The first-order valence-corrected chi connectivity index (χ1v) is 12.0. The number of benzene rings is 1. The first kappa shape index (κ1) is 28.6. The third-order valence-electron chi connectivity index (χ3n) is 5.39. The topological polar surface area (TPSA) is 102 Å². The Morgan fingerprint density at radius 3 is 1.97 bits per heavy atom. The fourth-order valence-corrected chi connectivity index (χ4v) is 3.69. The molecule has 7 heteroatoms. The molecule has 2 amide bonds. The number of nitrogens with one attached hydrogen (secondary N) is 1. The molecule has 0 aliphatic carbocycles. The number of amides is 2. The van der Waals surface area contributed by atoms with E-state index in [1.54, 1.807) is 7.05 Å². The van der Waals surface area contributed by atoms with Crippen molar-refractivity contribution >= 4 is 17.8 Å². The number of hydrogen-bond acceptors (Lipinski definition) is 5. The number of carbonyl (C=O) groups excluding carboxylic acids is 3. The quantitative estimate of drug-likeness (QED) is 0.438. The highest BCUT2D eigenvalue weighted by molar-refractivity contribution is 5.92. The first-order valence-electron chi connectivity index (χ1n) is 12.0. The summed E-state index contributed by atoms with van der Waals surface area (Å²) >= 11 is 0. The highest BCUT2D eigenvalue weighted by Gasteiger charge is 2.33. The lowest BCUT2D eigenvalue weighted by atomic mass is 9.98. The van der Waals surface area contributed by atoms with Crippen LogP contribution in [0.5, 0.6) is 0 Å². The Labute approximate surface area is 199 Å². The van der Waals surface area contributed by atoms with Crippen LogP contribution in [0.4, 0.5) is 0 Å². The lowest BCUT2D eigenvalue weighted by Crippen LogP contribution is -2.55. The lowest BCUT2D eigenvalue weighted by Gasteiger charge is -2.32. The molecule has 0 aliphatic rings. The largest absolute Gasteiger partial charge is 0.459 e. The van der Waals surface area contributed by atoms with Gasteiger partial charge in [0.25, 0.3) is 0 Å². The van der Waals surface area contributed by atoms with Crippen LogP contribution in [0.3, 0.4) is 0 Å². The zero-order chi connectivity index (χ0) is 25.1. The summed E-state index contributed by atoms with van der Waals surface area (Å²) in [5, 5.41) is 2.86. The van der Waals surface area contributed by atoms with E-state index in [0.717, 1.165) is 5.56 Å². The molecule has 7 nitrogen and oxygen atoms in total. The molecule has 1 aromatic rings. The molecular formula is C26H43N3O4. The van der Waals surface area contributed by atoms with Gasteiger partial charge in [0.1, 0.15) is 18.7 Å². The van der Waals surface area contributed by atoms with Crippen molar-refractivity contribution in [3.63, 3.8) is 0 Å². The maximum Gasteiger partial charge on any atom is 0.328 e. The molecule has 0 aromatic heterocycles. The molecule has 0 radical (unpaired) electrons. The van der Waals surface area contributed by atoms with Gasteiger partial charge in [-0.25, -0.2) is 4.79 Å². The second kappa shape index (κ2) is 14.0. The van der Waals surface area contributed by atoms with Crippen molar-refractivity contribution in [1.29, 1.82) is 0 Å². The molecule has 0 spiro atoms. The summed E-state index contributed by atoms with van der Waals surface area (Å²) in [7, 11) is 1.61. The van der Waals surface area contributed by atoms with Gasteiger partial charge in [0.05, 0.1) is 6.04 Å². The Bertz CT molecular complexity index is 749. The molecule has 0 saturated heterocycles. The lowest BCUT2D eigenvalue weighted by molar-refractivity contribution is -0.150. The average Bonchev–Trinajstić information content (AvgIpc) is 2.74. The Morgan fingerprint density at radius 2 is 1.45 bits per heavy atom. The maximum absolute atomic E-state index is 13.3. The summed E-state index contributed by atoms with van der Waals surface area (Å²) in [6.07, 6.45) is 1.45. The van der Waals surface area contributed by atoms with Crippen LogP contribution in [0.2, 0.25) is 0 Å². The van der Waals surface area contributed by atoms with Gasteiger partial charge in [-0.15, -0.1) is 0 Å². The van der Waals surface area contributed by atoms with Gasteiger partial charge in [-0.2, -0.15) is 0 Å². The zero-order valence-electron chi connectivity index (χ0n) is 21.3. The summed E-state index contributed by atoms with van der Waals surface area (Å²) in [6.45, 7) is 12.1. The number of rotatable bonds is 13. The van der Waals surface area contributed by atoms with Gasteiger partial charge in [0, 0.05) is 7.05 Å². The van der Waals surface area contributed by atoms with Crippen LogP contribution < -0.4 is 11.1 Å². The SMILES string of the molecule is CC(C)C[C@H](NC(=O)[C@@H](CC(C)C)N(C)C(=O)[C@@H](N)CC(C)C)C(=O)OCc1ccccc1. The second-order valence-corrected chi connectivity index (χ2v) is 10.1. The molecule has 0 unspecified atom stereocenters. The van der Waals surface area contributed by atoms with E-state index >= 15 is 0 Å². The normalized spacial score (nSPS) is 14.2. The van der Waals surface area contributed by atoms with Crippen molar-refractivity contribution in [2.45, 2.75) is 85.5 Å². The Kier molecular flexibility index (Phi) is 12.1. The second-order valence-electron chi connectivity index (χ2n) is 10.1. The van der Waals surface area contributed by atoms with Gasteiger partial charge in [0.2, 0.25) is 11.8 Å². The van der Waals surface area contributed by atoms with Crippen molar-refractivity contribution in [1.82, 2.24) is 10.2 Å². The van der Waals surface area contributed by atoms with Gasteiger partial charge < -0.3 is 20.7 Å². The molecule has 1 rings (SSSR count). The molecule has 0 bridgehead atoms. The van der Waals surface area contributed by atoms with E-state index in [1.807, 2.05) is 71.9 Å². The van der Waals surface area contributed by atoms with Crippen molar-refractivity contribution in [2.24, 2.45) is 23.5 Å². The van der Waals surface area contributed by atoms with E-state index in [2.05, 4.69) is 5.32 Å². The number of hydrogen-bond donors (Lipinski definition) is 2. The molecule has 0 aliphatic heterocycles. The summed E-state index contributed by atoms with van der Waals surface area (Å²) in [5.41, 5.74) is 6.98. The van der Waals surface area contributed by atoms with Gasteiger partial charge in [-0.1, -0.05) is 71.9 Å². The summed E-state index contributed by atoms with van der Waals surface area (Å²) in [4.78, 5) is 40.4. The molecule has 1 aromatic carbocycles. The van der Waals surface area contributed by atoms with Gasteiger partial charge in [-0.3, -0.25) is 9.59 Å². The highest BCUT2D eigenvalue weighted by atomic mass is 16.5. The van der Waals surface area contributed by atoms with Crippen molar-refractivity contribution in [3.8, 4) is 0 Å². The zero-order valence-corrected chi connectivity index (χ0v) is 21.3. The number of nitrogens with zero attached hydrogens (tertiary/aromatic N) is 1. The van der Waals surface area contributed by atoms with Gasteiger partial charge >= 0.3 is 5.97 Å². The number of ether oxygens (including phenoxy) is 1. The number of carbonyl (C=O) groups is 3. The summed E-state index contributed by atoms with van der Waals surface area (Å²) < 4.78 is 5.49. The minimum absolute atomic E-state index is 0.141. The summed E-state index contributed by atoms with van der Waals surface area (Å²) in [5.74, 6) is -0.498. The van der Waals surface area contributed by atoms with E-state index in [-0.39, 0.29) is 36.2 Å². The monoisotopic (exact) mass is 461 g/mol. The fourth-order valence-electron chi connectivity index (χ4n) is 3.69. The maximum atomic E-state index is 13.3. The van der Waals surface area contributed by atoms with Crippen LogP contribution in [0, 0.1) is 17.8 Å². The van der Waals surface area contributed by atoms with Crippen LogP contribution in [-0.2, 0) is 25.7 Å². The van der Waals surface area contributed by atoms with Crippen molar-refractivity contribution < 1.29 is 19.1 Å². The van der Waals surface area contributed by atoms with Crippen LogP contribution in [-0.4, -0.2) is 47.9 Å². The highest BCUT2D eigenvalue weighted by Crippen LogP contribution is 2.16. The van der Waals surface area contributed by atoms with Crippen LogP contribution in [0.15, 0.2) is 30.3 Å². The smallest absolute Gasteiger partial charge is 0.328 e. The Balaban J connectivity index is 2.95. The molecule has 33 heavy (non-hydrogen) atoms. The average molecular weight is 462 g/mol. The summed E-state index contributed by atoms with van der Waals surface area (Å²) in [6, 6.07) is 7.24. The molecule has 3 atom stereocenters. The predicted octanol–water partition coefficient (Wildman–Crippen LogP) is 3.51. The standard InChI is InChI=1S/C26H43N3O4/c1-17(2)13-21(27)25(31)29(7)23(15-19(5)6)24(30)28-22(14-18(3)4)26(32)33-16-20-11-9-8-10-12-20/h8-12,17-19,21-23H,13-16,27H2,1-7H3,(H,28,30)/t21-,22-,23+/m0/s1. The Hall–Kier alpha value is -2.41. The fraction of sp³-hybridized carbons (Fsp3) is 0.654. The Morgan fingerprint density at radius 1 is 0.909 bits per heavy atom. The predicted molar refractivity (Wildman–Crippen MR) is 131 cm³/mol. The van der Waals surface area contributed by atoms with E-state index in [1.165, 1.54) is 4.90 Å². The van der Waals surface area contributed by atoms with Crippen LogP contribution in [0.25, 0.3) is 0 Å². The van der Waals surface area contributed by atoms with E-state index in [0.29, 0.717) is 19.3 Å². The number of nitrogens with two attached hydrogens (primary N) is 1.